The Morgan fingerprint density at radius 3 is 2.68 bits per heavy atom. The molecule has 162 valence electrons. The summed E-state index contributed by atoms with van der Waals surface area (Å²) in [5.41, 5.74) is 4.24. The summed E-state index contributed by atoms with van der Waals surface area (Å²) in [5.74, 6) is 0.813. The van der Waals surface area contributed by atoms with Crippen molar-refractivity contribution in [1.82, 2.24) is 14.5 Å². The maximum absolute atomic E-state index is 12.4. The number of hydrogen-bond donors (Lipinski definition) is 1. The molecule has 2 aliphatic heterocycles. The number of hydrogen-bond acceptors (Lipinski definition) is 5. The number of aliphatic hydroxyl groups is 1. The van der Waals surface area contributed by atoms with Crippen molar-refractivity contribution in [2.45, 2.75) is 25.7 Å². The lowest BCUT2D eigenvalue weighted by molar-refractivity contribution is -0.136. The van der Waals surface area contributed by atoms with E-state index in [4.69, 9.17) is 10.1 Å². The quantitative estimate of drug-likeness (QED) is 0.820. The Morgan fingerprint density at radius 1 is 1.19 bits per heavy atom. The van der Waals surface area contributed by atoms with Crippen LogP contribution in [0.4, 0.5) is 5.82 Å². The predicted molar refractivity (Wildman–Crippen MR) is 120 cm³/mol. The third-order valence-corrected chi connectivity index (χ3v) is 7.26. The van der Waals surface area contributed by atoms with Gasteiger partial charge in [-0.15, -0.1) is 0 Å². The van der Waals surface area contributed by atoms with Gasteiger partial charge in [0.05, 0.1) is 0 Å². The molecule has 0 radical (unpaired) electrons. The van der Waals surface area contributed by atoms with Crippen molar-refractivity contribution in [2.24, 2.45) is 12.5 Å². The van der Waals surface area contributed by atoms with Crippen molar-refractivity contribution in [3.8, 4) is 11.1 Å². The largest absolute Gasteiger partial charge is 0.387 e. The van der Waals surface area contributed by atoms with Crippen LogP contribution < -0.4 is 10.5 Å². The second-order valence-corrected chi connectivity index (χ2v) is 9.07. The molecule has 1 aliphatic carbocycles. The maximum atomic E-state index is 12.4. The molecule has 2 aromatic rings. The van der Waals surface area contributed by atoms with Crippen LogP contribution in [0.2, 0.25) is 0 Å². The van der Waals surface area contributed by atoms with Crippen LogP contribution in [0.5, 0.6) is 0 Å². The highest BCUT2D eigenvalue weighted by Gasteiger charge is 2.41. The molecule has 31 heavy (non-hydrogen) atoms. The van der Waals surface area contributed by atoms with Gasteiger partial charge in [0.1, 0.15) is 12.4 Å². The summed E-state index contributed by atoms with van der Waals surface area (Å²) in [7, 11) is 1.80. The Kier molecular flexibility index (Phi) is 4.93. The van der Waals surface area contributed by atoms with E-state index in [1.54, 1.807) is 16.5 Å². The lowest BCUT2D eigenvalue weighted by Crippen LogP contribution is -2.45. The van der Waals surface area contributed by atoms with Gasteiger partial charge in [0.2, 0.25) is 5.91 Å². The number of aryl methyl sites for hydroxylation is 1. The van der Waals surface area contributed by atoms with E-state index in [1.807, 2.05) is 24.5 Å². The van der Waals surface area contributed by atoms with E-state index in [9.17, 15) is 9.59 Å². The van der Waals surface area contributed by atoms with Gasteiger partial charge in [0.25, 0.3) is 5.56 Å². The molecule has 0 atom stereocenters. The topological polar surface area (TPSA) is 78.7 Å². The first kappa shape index (κ1) is 20.0. The Morgan fingerprint density at radius 2 is 1.97 bits per heavy atom. The van der Waals surface area contributed by atoms with Crippen molar-refractivity contribution in [3.63, 3.8) is 0 Å². The number of nitrogens with zero attached hydrogens (tertiary/aromatic N) is 4. The molecule has 7 heteroatoms. The predicted octanol–water partition coefficient (Wildman–Crippen LogP) is 1.83. The molecule has 1 spiro atoms. The Balaban J connectivity index is 1.32. The fourth-order valence-electron chi connectivity index (χ4n) is 5.33. The van der Waals surface area contributed by atoms with Gasteiger partial charge in [0.15, 0.2) is 0 Å². The molecule has 1 amide bonds. The monoisotopic (exact) mass is 420 g/mol. The Bertz CT molecular complexity index is 1100. The fourth-order valence-corrected chi connectivity index (χ4v) is 5.33. The van der Waals surface area contributed by atoms with Crippen molar-refractivity contribution >= 4 is 17.8 Å². The number of pyridine rings is 2. The first-order valence-corrected chi connectivity index (χ1v) is 11.0. The third kappa shape index (κ3) is 3.47. The van der Waals surface area contributed by atoms with E-state index < -0.39 is 6.61 Å². The van der Waals surface area contributed by atoms with Crippen molar-refractivity contribution in [3.05, 3.63) is 52.1 Å². The minimum atomic E-state index is -0.399. The van der Waals surface area contributed by atoms with Crippen LogP contribution in [0.15, 0.2) is 35.4 Å². The first-order chi connectivity index (χ1) is 15.0. The SMILES string of the molecule is Cn1cc(-c2ccc(N3CCC4(CCN(C(=O)CO)CC4)C3)nc2)c2c(c1=O)CC=C2. The summed E-state index contributed by atoms with van der Waals surface area (Å²) in [6.45, 7) is 2.98. The molecule has 0 unspecified atom stereocenters. The minimum Gasteiger partial charge on any atom is -0.387 e. The molecule has 0 saturated carbocycles. The molecular weight excluding hydrogens is 392 g/mol. The van der Waals surface area contributed by atoms with E-state index in [0.717, 1.165) is 73.5 Å². The molecule has 3 aliphatic rings. The summed E-state index contributed by atoms with van der Waals surface area (Å²) in [6, 6.07) is 4.18. The number of likely N-dealkylation sites (tertiary alicyclic amines) is 1. The maximum Gasteiger partial charge on any atom is 0.254 e. The van der Waals surface area contributed by atoms with E-state index in [0.29, 0.717) is 6.42 Å². The van der Waals surface area contributed by atoms with Gasteiger partial charge in [-0.25, -0.2) is 4.98 Å². The number of anilines is 1. The molecule has 0 bridgehead atoms. The zero-order valence-corrected chi connectivity index (χ0v) is 17.9. The number of carbonyl (C=O) groups is 1. The molecule has 7 nitrogen and oxygen atoms in total. The summed E-state index contributed by atoms with van der Waals surface area (Å²) in [6.07, 6.45) is 11.6. The van der Waals surface area contributed by atoms with Crippen LogP contribution >= 0.6 is 0 Å². The molecule has 2 saturated heterocycles. The molecule has 1 N–H and O–H groups in total. The van der Waals surface area contributed by atoms with E-state index in [-0.39, 0.29) is 16.9 Å². The van der Waals surface area contributed by atoms with Gasteiger partial charge in [-0.1, -0.05) is 12.2 Å². The summed E-state index contributed by atoms with van der Waals surface area (Å²) in [4.78, 5) is 33.0. The second kappa shape index (κ2) is 7.64. The van der Waals surface area contributed by atoms with Crippen LogP contribution in [0.3, 0.4) is 0 Å². The first-order valence-electron chi connectivity index (χ1n) is 11.0. The average Bonchev–Trinajstić information content (AvgIpc) is 3.45. The van der Waals surface area contributed by atoms with E-state index in [2.05, 4.69) is 17.0 Å². The summed E-state index contributed by atoms with van der Waals surface area (Å²) >= 11 is 0. The van der Waals surface area contributed by atoms with E-state index >= 15 is 0 Å². The number of aliphatic hydroxyl groups excluding tert-OH is 1. The standard InChI is InChI=1S/C24H28N4O3/c1-26-14-20(18-3-2-4-19(18)23(26)31)17-5-6-21(25-13-17)28-12-9-24(16-28)7-10-27(11-8-24)22(30)15-29/h2-3,5-6,13-14,29H,4,7-12,15-16H2,1H3. The van der Waals surface area contributed by atoms with Crippen LogP contribution in [0, 0.1) is 5.41 Å². The van der Waals surface area contributed by atoms with Gasteiger partial charge in [-0.3, -0.25) is 9.59 Å². The minimum absolute atomic E-state index is 0.0717. The highest BCUT2D eigenvalue weighted by atomic mass is 16.3. The highest BCUT2D eigenvalue weighted by molar-refractivity contribution is 5.79. The van der Waals surface area contributed by atoms with Crippen molar-refractivity contribution in [1.29, 1.82) is 0 Å². The molecular formula is C24H28N4O3. The molecule has 4 heterocycles. The zero-order valence-electron chi connectivity index (χ0n) is 17.9. The zero-order chi connectivity index (χ0) is 21.6. The van der Waals surface area contributed by atoms with Gasteiger partial charge in [-0.2, -0.15) is 0 Å². The average molecular weight is 421 g/mol. The van der Waals surface area contributed by atoms with Crippen molar-refractivity contribution < 1.29 is 9.90 Å². The lowest BCUT2D eigenvalue weighted by atomic mass is 9.78. The van der Waals surface area contributed by atoms with Crippen LogP contribution in [0.25, 0.3) is 17.2 Å². The molecule has 0 aromatic carbocycles. The van der Waals surface area contributed by atoms with Crippen LogP contribution in [-0.4, -0.2) is 58.3 Å². The number of aromatic nitrogens is 2. The lowest BCUT2D eigenvalue weighted by Gasteiger charge is -2.39. The second-order valence-electron chi connectivity index (χ2n) is 9.07. The highest BCUT2D eigenvalue weighted by Crippen LogP contribution is 2.41. The van der Waals surface area contributed by atoms with Gasteiger partial charge in [-0.05, 0) is 48.8 Å². The number of rotatable bonds is 3. The number of piperidine rings is 1. The van der Waals surface area contributed by atoms with Gasteiger partial charge >= 0.3 is 0 Å². The summed E-state index contributed by atoms with van der Waals surface area (Å²) < 4.78 is 1.66. The van der Waals surface area contributed by atoms with Crippen molar-refractivity contribution in [2.75, 3.05) is 37.7 Å². The third-order valence-electron chi connectivity index (χ3n) is 7.26. The Labute approximate surface area is 181 Å². The number of amides is 1. The normalized spacial score (nSPS) is 19.3. The molecule has 2 aromatic heterocycles. The Hall–Kier alpha value is -2.93. The van der Waals surface area contributed by atoms with Gasteiger partial charge in [0, 0.05) is 62.3 Å². The summed E-state index contributed by atoms with van der Waals surface area (Å²) in [5, 5.41) is 9.09. The molecule has 2 fully saturated rings. The van der Waals surface area contributed by atoms with Gasteiger partial charge < -0.3 is 19.5 Å². The van der Waals surface area contributed by atoms with Crippen LogP contribution in [-0.2, 0) is 18.3 Å². The van der Waals surface area contributed by atoms with E-state index in [1.165, 1.54) is 0 Å². The number of fused-ring (bicyclic) bond motifs is 1. The number of carbonyl (C=O) groups excluding carboxylic acids is 1. The smallest absolute Gasteiger partial charge is 0.254 e. The number of allylic oxidation sites excluding steroid dienone is 1. The van der Waals surface area contributed by atoms with Crippen LogP contribution in [0.1, 0.15) is 30.4 Å². The fraction of sp³-hybridized carbons (Fsp3) is 0.458. The molecule has 5 rings (SSSR count).